The van der Waals surface area contributed by atoms with E-state index in [2.05, 4.69) is 50.5 Å². The van der Waals surface area contributed by atoms with Crippen LogP contribution in [0.25, 0.3) is 0 Å². The number of rotatable bonds is 14. The standard InChI is InChI=1S/C20H42O6Si4/c1-21-29(22-2,23-3)17-15-27(7,8)19-11-13-20(14-12-19)28(9,10)16-18-30(24-4,25-5)26-6/h11-14H,15-18H2,1-10H3. The molecule has 6 nitrogen and oxygen atoms in total. The summed E-state index contributed by atoms with van der Waals surface area (Å²) in [5, 5.41) is 2.91. The van der Waals surface area contributed by atoms with Gasteiger partial charge in [0.15, 0.2) is 0 Å². The molecule has 0 saturated heterocycles. The lowest BCUT2D eigenvalue weighted by Gasteiger charge is -2.31. The number of benzene rings is 1. The SMILES string of the molecule is CO[Si](CC[Si](C)(C)c1ccc([Si](C)(C)CC[Si](OC)(OC)OC)cc1)(OC)OC. The molecular weight excluding hydrogens is 449 g/mol. The maximum atomic E-state index is 5.61. The van der Waals surface area contributed by atoms with Crippen LogP contribution in [0.4, 0.5) is 0 Å². The first kappa shape index (κ1) is 27.9. The van der Waals surface area contributed by atoms with Crippen LogP contribution in [0, 0.1) is 0 Å². The molecule has 1 aromatic carbocycles. The molecule has 0 aliphatic heterocycles. The molecule has 0 saturated carbocycles. The lowest BCUT2D eigenvalue weighted by molar-refractivity contribution is 0.124. The molecule has 1 aromatic rings. The summed E-state index contributed by atoms with van der Waals surface area (Å²) in [6, 6.07) is 13.2. The van der Waals surface area contributed by atoms with Crippen LogP contribution in [0.5, 0.6) is 0 Å². The minimum absolute atomic E-state index is 0.843. The summed E-state index contributed by atoms with van der Waals surface area (Å²) >= 11 is 0. The Morgan fingerprint density at radius 2 is 0.700 bits per heavy atom. The Morgan fingerprint density at radius 3 is 0.900 bits per heavy atom. The van der Waals surface area contributed by atoms with Gasteiger partial charge in [-0.25, -0.2) is 0 Å². The second-order valence-electron chi connectivity index (χ2n) is 8.94. The van der Waals surface area contributed by atoms with Crippen LogP contribution in [-0.2, 0) is 26.6 Å². The van der Waals surface area contributed by atoms with Gasteiger partial charge in [0, 0.05) is 54.7 Å². The molecule has 0 aliphatic rings. The summed E-state index contributed by atoms with van der Waals surface area (Å²) in [4.78, 5) is 0. The van der Waals surface area contributed by atoms with Gasteiger partial charge in [-0.3, -0.25) is 0 Å². The van der Waals surface area contributed by atoms with Crippen LogP contribution in [0.1, 0.15) is 0 Å². The van der Waals surface area contributed by atoms with Crippen molar-refractivity contribution in [1.29, 1.82) is 0 Å². The zero-order valence-electron chi connectivity index (χ0n) is 20.6. The fraction of sp³-hybridized carbons (Fsp3) is 0.700. The molecule has 0 atom stereocenters. The third-order valence-electron chi connectivity index (χ3n) is 6.43. The molecule has 0 N–H and O–H groups in total. The Kier molecular flexibility index (Phi) is 10.8. The van der Waals surface area contributed by atoms with Gasteiger partial charge in [0.25, 0.3) is 0 Å². The van der Waals surface area contributed by atoms with Gasteiger partial charge in [0.05, 0.1) is 16.1 Å². The molecule has 0 aromatic heterocycles. The summed E-state index contributed by atoms with van der Waals surface area (Å²) < 4.78 is 33.6. The maximum Gasteiger partial charge on any atom is 0.499 e. The van der Waals surface area contributed by atoms with E-state index < -0.39 is 33.8 Å². The van der Waals surface area contributed by atoms with Crippen molar-refractivity contribution >= 4 is 44.1 Å². The van der Waals surface area contributed by atoms with Crippen LogP contribution in [0.2, 0.25) is 50.4 Å². The molecule has 10 heteroatoms. The van der Waals surface area contributed by atoms with E-state index in [1.807, 2.05) is 0 Å². The van der Waals surface area contributed by atoms with Gasteiger partial charge in [-0.05, 0) is 12.1 Å². The molecule has 0 fully saturated rings. The van der Waals surface area contributed by atoms with E-state index in [1.165, 1.54) is 10.4 Å². The van der Waals surface area contributed by atoms with Crippen LogP contribution in [-0.4, -0.2) is 76.4 Å². The van der Waals surface area contributed by atoms with E-state index in [1.54, 1.807) is 42.7 Å². The monoisotopic (exact) mass is 490 g/mol. The van der Waals surface area contributed by atoms with Gasteiger partial charge >= 0.3 is 17.6 Å². The van der Waals surface area contributed by atoms with Gasteiger partial charge in [-0.15, -0.1) is 0 Å². The van der Waals surface area contributed by atoms with Gasteiger partial charge in [-0.1, -0.05) is 60.8 Å². The van der Waals surface area contributed by atoms with Gasteiger partial charge in [-0.2, -0.15) is 0 Å². The first-order valence-electron chi connectivity index (χ1n) is 10.4. The van der Waals surface area contributed by atoms with E-state index in [4.69, 9.17) is 26.6 Å². The number of hydrogen-bond donors (Lipinski definition) is 0. The summed E-state index contributed by atoms with van der Waals surface area (Å²) in [6.45, 7) is 9.61. The van der Waals surface area contributed by atoms with E-state index in [0.29, 0.717) is 0 Å². The Labute approximate surface area is 187 Å². The summed E-state index contributed by atoms with van der Waals surface area (Å²) in [6.07, 6.45) is 0. The predicted molar refractivity (Wildman–Crippen MR) is 133 cm³/mol. The van der Waals surface area contributed by atoms with E-state index in [-0.39, 0.29) is 0 Å². The van der Waals surface area contributed by atoms with Crippen molar-refractivity contribution < 1.29 is 26.6 Å². The van der Waals surface area contributed by atoms with Crippen LogP contribution < -0.4 is 10.4 Å². The largest absolute Gasteiger partial charge is 0.499 e. The Hall–Kier alpha value is -0.152. The van der Waals surface area contributed by atoms with Crippen LogP contribution in [0.15, 0.2) is 24.3 Å². The Balaban J connectivity index is 2.90. The minimum atomic E-state index is -2.53. The first-order chi connectivity index (χ1) is 14.0. The lowest BCUT2D eigenvalue weighted by Crippen LogP contribution is -2.50. The highest BCUT2D eigenvalue weighted by Gasteiger charge is 2.41. The molecule has 0 aliphatic carbocycles. The quantitative estimate of drug-likeness (QED) is 0.373. The fourth-order valence-corrected chi connectivity index (χ4v) is 16.1. The second-order valence-corrected chi connectivity index (χ2v) is 24.8. The van der Waals surface area contributed by atoms with Crippen LogP contribution in [0.3, 0.4) is 0 Å². The average molecular weight is 491 g/mol. The van der Waals surface area contributed by atoms with Gasteiger partial charge < -0.3 is 26.6 Å². The van der Waals surface area contributed by atoms with Crippen molar-refractivity contribution in [2.45, 2.75) is 50.4 Å². The third-order valence-corrected chi connectivity index (χ3v) is 19.7. The molecule has 0 heterocycles. The van der Waals surface area contributed by atoms with Crippen molar-refractivity contribution in [1.82, 2.24) is 0 Å². The highest BCUT2D eigenvalue weighted by atomic mass is 28.4. The van der Waals surface area contributed by atoms with E-state index >= 15 is 0 Å². The van der Waals surface area contributed by atoms with Crippen molar-refractivity contribution in [3.05, 3.63) is 24.3 Å². The molecule has 0 bridgehead atoms. The molecule has 1 rings (SSSR count). The lowest BCUT2D eigenvalue weighted by atomic mass is 10.4. The summed E-state index contributed by atoms with van der Waals surface area (Å²) in [5.41, 5.74) is 0. The normalized spacial score (nSPS) is 13.7. The van der Waals surface area contributed by atoms with E-state index in [0.717, 1.165) is 24.2 Å². The highest BCUT2D eigenvalue weighted by molar-refractivity contribution is 6.92. The third kappa shape index (κ3) is 6.92. The Morgan fingerprint density at radius 1 is 0.467 bits per heavy atom. The topological polar surface area (TPSA) is 55.4 Å². The molecule has 0 radical (unpaired) electrons. The number of hydrogen-bond acceptors (Lipinski definition) is 6. The molecule has 0 unspecified atom stereocenters. The molecule has 0 spiro atoms. The van der Waals surface area contributed by atoms with Gasteiger partial charge in [0.1, 0.15) is 0 Å². The average Bonchev–Trinajstić information content (AvgIpc) is 2.76. The van der Waals surface area contributed by atoms with Crippen molar-refractivity contribution in [2.24, 2.45) is 0 Å². The van der Waals surface area contributed by atoms with Crippen molar-refractivity contribution in [2.75, 3.05) is 42.7 Å². The zero-order valence-corrected chi connectivity index (χ0v) is 24.6. The zero-order chi connectivity index (χ0) is 23.1. The Bertz CT molecular complexity index is 559. The maximum absolute atomic E-state index is 5.61. The smallest absolute Gasteiger partial charge is 0.377 e. The molecule has 0 amide bonds. The first-order valence-corrected chi connectivity index (χ1v) is 20.7. The second kappa shape index (κ2) is 11.6. The van der Waals surface area contributed by atoms with Gasteiger partial charge in [0.2, 0.25) is 0 Å². The molecular formula is C20H42O6Si4. The predicted octanol–water partition coefficient (Wildman–Crippen LogP) is 3.27. The van der Waals surface area contributed by atoms with E-state index in [9.17, 15) is 0 Å². The minimum Gasteiger partial charge on any atom is -0.377 e. The van der Waals surface area contributed by atoms with Crippen molar-refractivity contribution in [3.8, 4) is 0 Å². The molecule has 174 valence electrons. The molecule has 30 heavy (non-hydrogen) atoms. The summed E-state index contributed by atoms with van der Waals surface area (Å²) in [7, 11) is 1.79. The fourth-order valence-electron chi connectivity index (χ4n) is 3.70. The summed E-state index contributed by atoms with van der Waals surface area (Å²) in [5.74, 6) is 0. The van der Waals surface area contributed by atoms with Crippen molar-refractivity contribution in [3.63, 3.8) is 0 Å². The highest BCUT2D eigenvalue weighted by Crippen LogP contribution is 2.24. The van der Waals surface area contributed by atoms with Crippen LogP contribution >= 0.6 is 0 Å².